The summed E-state index contributed by atoms with van der Waals surface area (Å²) in [7, 11) is 0. The molecule has 3 aliphatic heterocycles. The Morgan fingerprint density at radius 2 is 1.89 bits per heavy atom. The number of hydrogen-bond acceptors (Lipinski definition) is 3. The monoisotopic (exact) mass is 268 g/mol. The molecule has 2 atom stereocenters. The van der Waals surface area contributed by atoms with Gasteiger partial charge in [0.05, 0.1) is 24.8 Å². The molecule has 5 heteroatoms. The van der Waals surface area contributed by atoms with E-state index in [1.807, 2.05) is 0 Å². The first-order chi connectivity index (χ1) is 8.99. The van der Waals surface area contributed by atoms with E-state index < -0.39 is 0 Å². The molecule has 0 amide bonds. The van der Waals surface area contributed by atoms with E-state index in [0.717, 1.165) is 19.3 Å². The van der Waals surface area contributed by atoms with E-state index in [1.54, 1.807) is 0 Å². The predicted octanol–water partition coefficient (Wildman–Crippen LogP) is 2.79. The standard InChI is InChI=1S/C9H14O.C5H10N2O2/c1-9(2)7-3-5-8(10-9)6-4-7;8-7(9)6-4-2-1-3-5-6/h3,5,7-8H,4,6H2,1-2H3;1-5H2. The maximum absolute atomic E-state index is 10.1. The molecule has 2 unspecified atom stereocenters. The summed E-state index contributed by atoms with van der Waals surface area (Å²) in [4.78, 5) is 10.1. The van der Waals surface area contributed by atoms with Crippen molar-refractivity contribution in [1.29, 1.82) is 0 Å². The lowest BCUT2D eigenvalue weighted by Crippen LogP contribution is -2.44. The second kappa shape index (κ2) is 5.90. The Hall–Kier alpha value is -1.10. The number of hydrazine groups is 1. The zero-order valence-electron chi connectivity index (χ0n) is 11.9. The number of piperidine rings is 1. The lowest BCUT2D eigenvalue weighted by molar-refractivity contribution is -0.657. The van der Waals surface area contributed by atoms with Gasteiger partial charge in [0.2, 0.25) is 0 Å². The lowest BCUT2D eigenvalue weighted by Gasteiger charge is -2.44. The molecule has 19 heavy (non-hydrogen) atoms. The molecular weight excluding hydrogens is 244 g/mol. The molecule has 1 aliphatic carbocycles. The molecule has 3 heterocycles. The van der Waals surface area contributed by atoms with E-state index in [2.05, 4.69) is 26.0 Å². The van der Waals surface area contributed by atoms with E-state index in [0.29, 0.717) is 25.1 Å². The third kappa shape index (κ3) is 3.69. The molecule has 4 rings (SSSR count). The quantitative estimate of drug-likeness (QED) is 0.417. The topological polar surface area (TPSA) is 55.6 Å². The second-order valence-corrected chi connectivity index (χ2v) is 6.08. The second-order valence-electron chi connectivity index (χ2n) is 6.08. The van der Waals surface area contributed by atoms with Crippen LogP contribution in [0.3, 0.4) is 0 Å². The molecule has 0 aromatic rings. The molecular formula is C14H24N2O3. The average Bonchev–Trinajstić information content (AvgIpc) is 2.40. The van der Waals surface area contributed by atoms with Crippen LogP contribution in [0, 0.1) is 16.0 Å². The smallest absolute Gasteiger partial charge is 0.160 e. The molecule has 0 N–H and O–H groups in total. The van der Waals surface area contributed by atoms with Crippen LogP contribution in [0.15, 0.2) is 12.2 Å². The minimum Gasteiger partial charge on any atom is -0.368 e. The minimum absolute atomic E-state index is 0.109. The Labute approximate surface area is 114 Å². The maximum atomic E-state index is 10.1. The van der Waals surface area contributed by atoms with Gasteiger partial charge in [-0.15, -0.1) is 5.01 Å². The van der Waals surface area contributed by atoms with Crippen LogP contribution in [0.4, 0.5) is 0 Å². The van der Waals surface area contributed by atoms with Crippen molar-refractivity contribution in [1.82, 2.24) is 5.01 Å². The van der Waals surface area contributed by atoms with Crippen LogP contribution < -0.4 is 0 Å². The van der Waals surface area contributed by atoms with Crippen LogP contribution in [-0.2, 0) is 4.74 Å². The van der Waals surface area contributed by atoms with Gasteiger partial charge in [-0.3, -0.25) is 0 Å². The van der Waals surface area contributed by atoms with Crippen LogP contribution in [0.1, 0.15) is 46.0 Å². The number of ether oxygens (including phenoxy) is 1. The van der Waals surface area contributed by atoms with Crippen molar-refractivity contribution in [3.05, 3.63) is 22.3 Å². The molecule has 2 bridgehead atoms. The van der Waals surface area contributed by atoms with Crippen LogP contribution in [-0.4, -0.2) is 34.8 Å². The molecule has 5 nitrogen and oxygen atoms in total. The van der Waals surface area contributed by atoms with Crippen LogP contribution in [0.25, 0.3) is 0 Å². The van der Waals surface area contributed by atoms with E-state index >= 15 is 0 Å². The van der Waals surface area contributed by atoms with Crippen LogP contribution in [0.5, 0.6) is 0 Å². The van der Waals surface area contributed by atoms with Crippen LogP contribution in [0.2, 0.25) is 0 Å². The molecule has 4 aliphatic rings. The number of nitro groups is 1. The highest BCUT2D eigenvalue weighted by molar-refractivity contribution is 5.09. The molecule has 2 fully saturated rings. The van der Waals surface area contributed by atoms with Crippen molar-refractivity contribution >= 4 is 0 Å². The van der Waals surface area contributed by atoms with Crippen molar-refractivity contribution in [3.8, 4) is 0 Å². The lowest BCUT2D eigenvalue weighted by atomic mass is 9.79. The van der Waals surface area contributed by atoms with E-state index in [1.165, 1.54) is 17.9 Å². The Bertz CT molecular complexity index is 349. The van der Waals surface area contributed by atoms with Gasteiger partial charge in [-0.2, -0.15) is 0 Å². The fourth-order valence-electron chi connectivity index (χ4n) is 2.99. The predicted molar refractivity (Wildman–Crippen MR) is 73.2 cm³/mol. The zero-order valence-corrected chi connectivity index (χ0v) is 11.9. The summed E-state index contributed by atoms with van der Waals surface area (Å²) in [6, 6.07) is 0. The highest BCUT2D eigenvalue weighted by atomic mass is 16.7. The van der Waals surface area contributed by atoms with Crippen molar-refractivity contribution < 1.29 is 9.77 Å². The number of rotatable bonds is 1. The summed E-state index contributed by atoms with van der Waals surface area (Å²) >= 11 is 0. The first kappa shape index (κ1) is 14.3. The van der Waals surface area contributed by atoms with Gasteiger partial charge in [-0.1, -0.05) is 12.2 Å². The van der Waals surface area contributed by atoms with Gasteiger partial charge in [0.1, 0.15) is 0 Å². The first-order valence-electron chi connectivity index (χ1n) is 7.24. The normalized spacial score (nSPS) is 31.6. The van der Waals surface area contributed by atoms with Gasteiger partial charge in [-0.05, 0) is 46.0 Å². The fourth-order valence-corrected chi connectivity index (χ4v) is 2.99. The van der Waals surface area contributed by atoms with E-state index in [-0.39, 0.29) is 10.6 Å². The van der Waals surface area contributed by atoms with Crippen molar-refractivity contribution in [3.63, 3.8) is 0 Å². The Balaban J connectivity index is 0.000000141. The fraction of sp³-hybridized carbons (Fsp3) is 0.857. The summed E-state index contributed by atoms with van der Waals surface area (Å²) in [5.41, 5.74) is 0.109. The largest absolute Gasteiger partial charge is 0.368 e. The average molecular weight is 268 g/mol. The summed E-state index contributed by atoms with van der Waals surface area (Å²) in [5.74, 6) is 0.664. The SMILES string of the molecule is CC1(C)OC2C=CC1CC2.O=[N+]([O-])N1CCCCC1. The molecule has 0 aromatic heterocycles. The highest BCUT2D eigenvalue weighted by Crippen LogP contribution is 2.39. The van der Waals surface area contributed by atoms with Gasteiger partial charge in [-0.25, -0.2) is 10.1 Å². The molecule has 0 spiro atoms. The molecule has 0 aromatic carbocycles. The third-order valence-corrected chi connectivity index (χ3v) is 4.23. The summed E-state index contributed by atoms with van der Waals surface area (Å²) in [6.07, 6.45) is 10.6. The minimum atomic E-state index is -0.306. The molecule has 108 valence electrons. The Morgan fingerprint density at radius 3 is 2.16 bits per heavy atom. The van der Waals surface area contributed by atoms with Gasteiger partial charge in [0.15, 0.2) is 5.03 Å². The van der Waals surface area contributed by atoms with Crippen LogP contribution >= 0.6 is 0 Å². The molecule has 2 saturated heterocycles. The summed E-state index contributed by atoms with van der Waals surface area (Å²) < 4.78 is 5.79. The number of hydrogen-bond donors (Lipinski definition) is 0. The summed E-state index contributed by atoms with van der Waals surface area (Å²) in [5, 5.41) is 11.1. The first-order valence-corrected chi connectivity index (χ1v) is 7.24. The van der Waals surface area contributed by atoms with Crippen molar-refractivity contribution in [2.75, 3.05) is 13.1 Å². The van der Waals surface area contributed by atoms with E-state index in [9.17, 15) is 10.1 Å². The third-order valence-electron chi connectivity index (χ3n) is 4.23. The Morgan fingerprint density at radius 1 is 1.21 bits per heavy atom. The van der Waals surface area contributed by atoms with Gasteiger partial charge >= 0.3 is 0 Å². The van der Waals surface area contributed by atoms with E-state index in [4.69, 9.17) is 4.74 Å². The number of fused-ring (bicyclic) bond motifs is 2. The van der Waals surface area contributed by atoms with Gasteiger partial charge in [0.25, 0.3) is 0 Å². The molecule has 0 radical (unpaired) electrons. The highest BCUT2D eigenvalue weighted by Gasteiger charge is 2.38. The molecule has 0 saturated carbocycles. The van der Waals surface area contributed by atoms with Gasteiger partial charge in [0, 0.05) is 5.92 Å². The Kier molecular flexibility index (Phi) is 4.45. The van der Waals surface area contributed by atoms with Crippen molar-refractivity contribution in [2.24, 2.45) is 5.92 Å². The van der Waals surface area contributed by atoms with Crippen molar-refractivity contribution in [2.45, 2.75) is 57.7 Å². The van der Waals surface area contributed by atoms with Gasteiger partial charge < -0.3 is 4.74 Å². The number of nitrogens with zero attached hydrogens (tertiary/aromatic N) is 2. The zero-order chi connectivity index (χ0) is 13.9. The summed E-state index contributed by atoms with van der Waals surface area (Å²) in [6.45, 7) is 5.64. The maximum Gasteiger partial charge on any atom is 0.160 e.